The molecule has 0 bridgehead atoms. The SMILES string of the molecule is CCCc1nnsc1C(NCC)C1CC1. The highest BCUT2D eigenvalue weighted by atomic mass is 32.1. The number of rotatable bonds is 6. The van der Waals surface area contributed by atoms with Gasteiger partial charge >= 0.3 is 0 Å². The summed E-state index contributed by atoms with van der Waals surface area (Å²) in [5.74, 6) is 0.836. The lowest BCUT2D eigenvalue weighted by atomic mass is 10.1. The van der Waals surface area contributed by atoms with E-state index in [2.05, 4.69) is 28.8 Å². The van der Waals surface area contributed by atoms with Crippen molar-refractivity contribution in [2.45, 2.75) is 45.6 Å². The number of nitrogens with one attached hydrogen (secondary N) is 1. The van der Waals surface area contributed by atoms with Crippen LogP contribution in [0.1, 0.15) is 49.7 Å². The predicted molar refractivity (Wildman–Crippen MR) is 63.0 cm³/mol. The largest absolute Gasteiger partial charge is 0.309 e. The summed E-state index contributed by atoms with van der Waals surface area (Å²) in [4.78, 5) is 1.39. The van der Waals surface area contributed by atoms with Gasteiger partial charge in [0.15, 0.2) is 0 Å². The first kappa shape index (κ1) is 11.0. The van der Waals surface area contributed by atoms with Crippen molar-refractivity contribution in [2.75, 3.05) is 6.54 Å². The molecular formula is C11H19N3S. The third-order valence-corrected chi connectivity index (χ3v) is 3.72. The zero-order chi connectivity index (χ0) is 10.7. The van der Waals surface area contributed by atoms with Gasteiger partial charge in [0, 0.05) is 6.04 Å². The first-order chi connectivity index (χ1) is 7.36. The van der Waals surface area contributed by atoms with Gasteiger partial charge in [-0.1, -0.05) is 24.8 Å². The lowest BCUT2D eigenvalue weighted by Crippen LogP contribution is -2.22. The fraction of sp³-hybridized carbons (Fsp3) is 0.818. The molecule has 1 aromatic heterocycles. The molecule has 1 N–H and O–H groups in total. The van der Waals surface area contributed by atoms with E-state index in [1.54, 1.807) is 11.5 Å². The zero-order valence-corrected chi connectivity index (χ0v) is 10.3. The van der Waals surface area contributed by atoms with Gasteiger partial charge in [-0.05, 0) is 43.3 Å². The molecule has 0 radical (unpaired) electrons. The topological polar surface area (TPSA) is 37.8 Å². The maximum absolute atomic E-state index is 4.25. The first-order valence-electron chi connectivity index (χ1n) is 5.91. The molecule has 0 saturated heterocycles. The summed E-state index contributed by atoms with van der Waals surface area (Å²) in [5, 5.41) is 7.82. The molecule has 0 spiro atoms. The lowest BCUT2D eigenvalue weighted by Gasteiger charge is -2.15. The second-order valence-corrected chi connectivity index (χ2v) is 4.99. The van der Waals surface area contributed by atoms with Crippen LogP contribution in [0.3, 0.4) is 0 Å². The minimum absolute atomic E-state index is 0.525. The second kappa shape index (κ2) is 5.03. The highest BCUT2D eigenvalue weighted by Gasteiger charge is 2.34. The number of aromatic nitrogens is 2. The highest BCUT2D eigenvalue weighted by molar-refractivity contribution is 7.05. The van der Waals surface area contributed by atoms with Crippen LogP contribution in [0.2, 0.25) is 0 Å². The Morgan fingerprint density at radius 1 is 1.47 bits per heavy atom. The maximum Gasteiger partial charge on any atom is 0.0803 e. The van der Waals surface area contributed by atoms with Crippen molar-refractivity contribution < 1.29 is 0 Å². The fourth-order valence-electron chi connectivity index (χ4n) is 1.98. The zero-order valence-electron chi connectivity index (χ0n) is 9.49. The fourth-order valence-corrected chi connectivity index (χ4v) is 2.85. The summed E-state index contributed by atoms with van der Waals surface area (Å²) in [7, 11) is 0. The molecule has 4 heteroatoms. The second-order valence-electron chi connectivity index (χ2n) is 4.21. The van der Waals surface area contributed by atoms with Crippen molar-refractivity contribution in [3.8, 4) is 0 Å². The molecule has 1 saturated carbocycles. The van der Waals surface area contributed by atoms with E-state index < -0.39 is 0 Å². The molecule has 84 valence electrons. The molecule has 0 aromatic carbocycles. The van der Waals surface area contributed by atoms with Gasteiger partial charge in [-0.3, -0.25) is 0 Å². The Balaban J connectivity index is 2.12. The van der Waals surface area contributed by atoms with E-state index >= 15 is 0 Å². The standard InChI is InChI=1S/C11H19N3S/c1-3-5-9-11(15-14-13-9)10(12-4-2)8-6-7-8/h8,10,12H,3-7H2,1-2H3. The Kier molecular flexibility index (Phi) is 3.70. The van der Waals surface area contributed by atoms with Gasteiger partial charge in [0.2, 0.25) is 0 Å². The summed E-state index contributed by atoms with van der Waals surface area (Å²) in [6.07, 6.45) is 4.95. The Hall–Kier alpha value is -0.480. The van der Waals surface area contributed by atoms with Crippen molar-refractivity contribution in [1.82, 2.24) is 14.9 Å². The van der Waals surface area contributed by atoms with Crippen LogP contribution < -0.4 is 5.32 Å². The smallest absolute Gasteiger partial charge is 0.0803 e. The molecule has 1 atom stereocenters. The van der Waals surface area contributed by atoms with Crippen molar-refractivity contribution in [2.24, 2.45) is 5.92 Å². The van der Waals surface area contributed by atoms with Gasteiger partial charge in [0.1, 0.15) is 0 Å². The van der Waals surface area contributed by atoms with E-state index in [0.29, 0.717) is 6.04 Å². The van der Waals surface area contributed by atoms with Gasteiger partial charge < -0.3 is 5.32 Å². The Morgan fingerprint density at radius 2 is 2.27 bits per heavy atom. The summed E-state index contributed by atoms with van der Waals surface area (Å²) >= 11 is 1.58. The summed E-state index contributed by atoms with van der Waals surface area (Å²) in [6, 6.07) is 0.525. The normalized spacial score (nSPS) is 18.0. The Labute approximate surface area is 95.4 Å². The minimum Gasteiger partial charge on any atom is -0.309 e. The van der Waals surface area contributed by atoms with Crippen molar-refractivity contribution in [3.05, 3.63) is 10.6 Å². The van der Waals surface area contributed by atoms with Gasteiger partial charge in [0.25, 0.3) is 0 Å². The molecule has 15 heavy (non-hydrogen) atoms. The van der Waals surface area contributed by atoms with Crippen LogP contribution >= 0.6 is 11.5 Å². The van der Waals surface area contributed by atoms with E-state index in [-0.39, 0.29) is 0 Å². The number of nitrogens with zero attached hydrogens (tertiary/aromatic N) is 2. The average Bonchev–Trinajstić information content (AvgIpc) is 2.97. The maximum atomic E-state index is 4.25. The summed E-state index contributed by atoms with van der Waals surface area (Å²) in [6.45, 7) is 5.40. The van der Waals surface area contributed by atoms with Crippen LogP contribution in [0.5, 0.6) is 0 Å². The van der Waals surface area contributed by atoms with E-state index in [0.717, 1.165) is 25.3 Å². The monoisotopic (exact) mass is 225 g/mol. The third-order valence-electron chi connectivity index (χ3n) is 2.87. The predicted octanol–water partition coefficient (Wildman–Crippen LogP) is 2.55. The van der Waals surface area contributed by atoms with Crippen LogP contribution in [-0.2, 0) is 6.42 Å². The van der Waals surface area contributed by atoms with Gasteiger partial charge in [-0.15, -0.1) is 5.10 Å². The summed E-state index contributed by atoms with van der Waals surface area (Å²) in [5.41, 5.74) is 1.22. The van der Waals surface area contributed by atoms with E-state index in [4.69, 9.17) is 0 Å². The number of aryl methyl sites for hydroxylation is 1. The molecule has 1 aliphatic carbocycles. The van der Waals surface area contributed by atoms with Crippen LogP contribution in [0.4, 0.5) is 0 Å². The van der Waals surface area contributed by atoms with Crippen molar-refractivity contribution >= 4 is 11.5 Å². The van der Waals surface area contributed by atoms with Crippen LogP contribution in [0.15, 0.2) is 0 Å². The average molecular weight is 225 g/mol. The van der Waals surface area contributed by atoms with Gasteiger partial charge in [0.05, 0.1) is 10.6 Å². The van der Waals surface area contributed by atoms with E-state index in [9.17, 15) is 0 Å². The first-order valence-corrected chi connectivity index (χ1v) is 6.68. The molecule has 1 aliphatic rings. The highest BCUT2D eigenvalue weighted by Crippen LogP contribution is 2.42. The van der Waals surface area contributed by atoms with E-state index in [1.165, 1.54) is 23.4 Å². The molecule has 1 fully saturated rings. The Bertz CT molecular complexity index is 307. The quantitative estimate of drug-likeness (QED) is 0.808. The molecule has 0 amide bonds. The van der Waals surface area contributed by atoms with E-state index in [1.807, 2.05) is 0 Å². The van der Waals surface area contributed by atoms with Crippen LogP contribution in [0, 0.1) is 5.92 Å². The number of hydrogen-bond donors (Lipinski definition) is 1. The molecular weight excluding hydrogens is 206 g/mol. The van der Waals surface area contributed by atoms with Gasteiger partial charge in [-0.2, -0.15) is 0 Å². The van der Waals surface area contributed by atoms with Crippen molar-refractivity contribution in [3.63, 3.8) is 0 Å². The molecule has 3 nitrogen and oxygen atoms in total. The molecule has 1 heterocycles. The molecule has 2 rings (SSSR count). The Morgan fingerprint density at radius 3 is 2.87 bits per heavy atom. The van der Waals surface area contributed by atoms with Gasteiger partial charge in [-0.25, -0.2) is 0 Å². The van der Waals surface area contributed by atoms with Crippen molar-refractivity contribution in [1.29, 1.82) is 0 Å². The number of hydrogen-bond acceptors (Lipinski definition) is 4. The van der Waals surface area contributed by atoms with Crippen LogP contribution in [0.25, 0.3) is 0 Å². The molecule has 1 aromatic rings. The third kappa shape index (κ3) is 2.55. The minimum atomic E-state index is 0.525. The van der Waals surface area contributed by atoms with Crippen LogP contribution in [-0.4, -0.2) is 16.1 Å². The lowest BCUT2D eigenvalue weighted by molar-refractivity contribution is 0.499. The molecule has 0 aliphatic heterocycles. The molecule has 1 unspecified atom stereocenters. The summed E-state index contributed by atoms with van der Waals surface area (Å²) < 4.78 is 4.11.